The molecule has 3 heteroatoms. The third-order valence-electron chi connectivity index (χ3n) is 7.26. The molecule has 4 saturated carbocycles. The standard InChI is InChI=1S/C21H27FO2/c22-9-5-4-8-18-15-10-20(17-6-2-1-3-7-17)11-16(18)13-21(12-15,14-20)19(23)24/h1-3,6-7,15-16,18H,4-5,8-14H2,(H,23,24). The molecule has 0 saturated heterocycles. The fourth-order valence-corrected chi connectivity index (χ4v) is 6.57. The van der Waals surface area contributed by atoms with Gasteiger partial charge < -0.3 is 5.11 Å². The van der Waals surface area contributed by atoms with Crippen molar-refractivity contribution in [2.24, 2.45) is 23.2 Å². The van der Waals surface area contributed by atoms with Crippen LogP contribution in [0.4, 0.5) is 4.39 Å². The van der Waals surface area contributed by atoms with Gasteiger partial charge in [0.2, 0.25) is 0 Å². The van der Waals surface area contributed by atoms with Gasteiger partial charge in [-0.1, -0.05) is 36.8 Å². The lowest BCUT2D eigenvalue weighted by molar-refractivity contribution is -0.175. The maximum Gasteiger partial charge on any atom is 0.309 e. The van der Waals surface area contributed by atoms with Crippen LogP contribution in [0.2, 0.25) is 0 Å². The molecule has 0 amide bonds. The molecule has 1 aromatic rings. The van der Waals surface area contributed by atoms with E-state index in [9.17, 15) is 14.3 Å². The highest BCUT2D eigenvalue weighted by Gasteiger charge is 2.63. The van der Waals surface area contributed by atoms with E-state index < -0.39 is 11.4 Å². The smallest absolute Gasteiger partial charge is 0.309 e. The van der Waals surface area contributed by atoms with Crippen molar-refractivity contribution in [3.8, 4) is 0 Å². The van der Waals surface area contributed by atoms with Gasteiger partial charge >= 0.3 is 5.97 Å². The van der Waals surface area contributed by atoms with E-state index in [4.69, 9.17) is 0 Å². The maximum atomic E-state index is 12.5. The Morgan fingerprint density at radius 1 is 1.08 bits per heavy atom. The lowest BCUT2D eigenvalue weighted by Crippen LogP contribution is -2.60. The fraction of sp³-hybridized carbons (Fsp3) is 0.667. The lowest BCUT2D eigenvalue weighted by atomic mass is 9.40. The Balaban J connectivity index is 1.65. The molecule has 0 aromatic heterocycles. The number of carboxylic acids is 1. The molecular formula is C21H27FO2. The third-order valence-corrected chi connectivity index (χ3v) is 7.26. The van der Waals surface area contributed by atoms with Crippen molar-refractivity contribution in [1.82, 2.24) is 0 Å². The molecule has 0 aliphatic heterocycles. The largest absolute Gasteiger partial charge is 0.481 e. The Morgan fingerprint density at radius 2 is 1.75 bits per heavy atom. The minimum absolute atomic E-state index is 0.0576. The van der Waals surface area contributed by atoms with Crippen LogP contribution < -0.4 is 0 Å². The van der Waals surface area contributed by atoms with Gasteiger partial charge in [0.25, 0.3) is 0 Å². The Bertz CT molecular complexity index is 596. The molecule has 4 fully saturated rings. The van der Waals surface area contributed by atoms with E-state index in [0.29, 0.717) is 24.2 Å². The van der Waals surface area contributed by atoms with E-state index in [1.165, 1.54) is 5.56 Å². The molecule has 0 heterocycles. The van der Waals surface area contributed by atoms with Crippen molar-refractivity contribution in [2.75, 3.05) is 6.67 Å². The summed E-state index contributed by atoms with van der Waals surface area (Å²) >= 11 is 0. The molecule has 0 spiro atoms. The van der Waals surface area contributed by atoms with Crippen LogP contribution in [-0.2, 0) is 10.2 Å². The molecule has 0 radical (unpaired) electrons. The fourth-order valence-electron chi connectivity index (χ4n) is 6.57. The molecule has 1 N–H and O–H groups in total. The molecule has 24 heavy (non-hydrogen) atoms. The van der Waals surface area contributed by atoms with Crippen LogP contribution in [0.25, 0.3) is 0 Å². The Morgan fingerprint density at radius 3 is 2.33 bits per heavy atom. The van der Waals surface area contributed by atoms with Crippen LogP contribution in [0.5, 0.6) is 0 Å². The van der Waals surface area contributed by atoms with E-state index in [2.05, 4.69) is 24.3 Å². The first-order valence-electron chi connectivity index (χ1n) is 9.43. The van der Waals surface area contributed by atoms with E-state index in [1.807, 2.05) is 6.07 Å². The second-order valence-electron chi connectivity index (χ2n) is 8.59. The Kier molecular flexibility index (Phi) is 3.93. The summed E-state index contributed by atoms with van der Waals surface area (Å²) in [7, 11) is 0. The van der Waals surface area contributed by atoms with Gasteiger partial charge in [-0.2, -0.15) is 0 Å². The average molecular weight is 330 g/mol. The Labute approximate surface area is 143 Å². The summed E-state index contributed by atoms with van der Waals surface area (Å²) in [6.07, 6.45) is 7.44. The quantitative estimate of drug-likeness (QED) is 0.747. The van der Waals surface area contributed by atoms with Crippen LogP contribution in [0.1, 0.15) is 56.9 Å². The number of rotatable bonds is 6. The van der Waals surface area contributed by atoms with Crippen molar-refractivity contribution in [1.29, 1.82) is 0 Å². The van der Waals surface area contributed by atoms with Crippen LogP contribution in [0.3, 0.4) is 0 Å². The summed E-state index contributed by atoms with van der Waals surface area (Å²) in [6.45, 7) is -0.227. The summed E-state index contributed by atoms with van der Waals surface area (Å²) in [6, 6.07) is 10.6. The molecule has 5 rings (SSSR count). The van der Waals surface area contributed by atoms with Crippen molar-refractivity contribution in [3.05, 3.63) is 35.9 Å². The third kappa shape index (κ3) is 2.39. The molecule has 4 aliphatic carbocycles. The number of hydrogen-bond acceptors (Lipinski definition) is 1. The zero-order chi connectivity index (χ0) is 16.8. The van der Waals surface area contributed by atoms with Crippen molar-refractivity contribution in [2.45, 2.75) is 56.8 Å². The van der Waals surface area contributed by atoms with Crippen molar-refractivity contribution < 1.29 is 14.3 Å². The van der Waals surface area contributed by atoms with Gasteiger partial charge in [0, 0.05) is 0 Å². The van der Waals surface area contributed by atoms with Gasteiger partial charge in [-0.25, -0.2) is 0 Å². The summed E-state index contributed by atoms with van der Waals surface area (Å²) in [5.41, 5.74) is 0.882. The summed E-state index contributed by atoms with van der Waals surface area (Å²) in [5, 5.41) is 9.99. The van der Waals surface area contributed by atoms with Crippen LogP contribution in [0.15, 0.2) is 30.3 Å². The predicted octanol–water partition coefficient (Wildman–Crippen LogP) is 4.98. The van der Waals surface area contributed by atoms with E-state index in [-0.39, 0.29) is 12.1 Å². The van der Waals surface area contributed by atoms with Crippen molar-refractivity contribution in [3.63, 3.8) is 0 Å². The van der Waals surface area contributed by atoms with Gasteiger partial charge in [0.05, 0.1) is 12.1 Å². The number of alkyl halides is 1. The molecule has 130 valence electrons. The van der Waals surface area contributed by atoms with Crippen LogP contribution in [0, 0.1) is 23.2 Å². The molecule has 2 nitrogen and oxygen atoms in total. The van der Waals surface area contributed by atoms with Crippen molar-refractivity contribution >= 4 is 5.97 Å². The topological polar surface area (TPSA) is 37.3 Å². The van der Waals surface area contributed by atoms with Gasteiger partial charge in [0.15, 0.2) is 0 Å². The van der Waals surface area contributed by atoms with E-state index >= 15 is 0 Å². The number of hydrogen-bond donors (Lipinski definition) is 1. The highest BCUT2D eigenvalue weighted by atomic mass is 19.1. The second-order valence-corrected chi connectivity index (χ2v) is 8.59. The highest BCUT2D eigenvalue weighted by molar-refractivity contribution is 5.76. The number of carboxylic acid groups (broad SMARTS) is 1. The molecule has 1 aromatic carbocycles. The molecular weight excluding hydrogens is 303 g/mol. The predicted molar refractivity (Wildman–Crippen MR) is 91.6 cm³/mol. The summed E-state index contributed by atoms with van der Waals surface area (Å²) in [4.78, 5) is 12.1. The minimum Gasteiger partial charge on any atom is -0.481 e. The molecule has 4 aliphatic rings. The number of aliphatic carboxylic acids is 1. The lowest BCUT2D eigenvalue weighted by Gasteiger charge is -2.64. The zero-order valence-corrected chi connectivity index (χ0v) is 14.2. The highest BCUT2D eigenvalue weighted by Crippen LogP contribution is 2.68. The molecule has 2 atom stereocenters. The first kappa shape index (κ1) is 16.1. The summed E-state index contributed by atoms with van der Waals surface area (Å²) < 4.78 is 12.5. The molecule has 4 bridgehead atoms. The molecule has 2 unspecified atom stereocenters. The SMILES string of the molecule is O=C(O)C12CC3CC(c4ccccc4)(CC(C1)C3CCCCF)C2. The number of unbranched alkanes of at least 4 members (excludes halogenated alkanes) is 1. The minimum atomic E-state index is -0.584. The van der Waals surface area contributed by atoms with E-state index in [1.54, 1.807) is 0 Å². The first-order valence-corrected chi connectivity index (χ1v) is 9.43. The Hall–Kier alpha value is -1.38. The van der Waals surface area contributed by atoms with Gasteiger partial charge in [-0.15, -0.1) is 0 Å². The number of carbonyl (C=O) groups is 1. The van der Waals surface area contributed by atoms with Gasteiger partial charge in [-0.3, -0.25) is 9.18 Å². The van der Waals surface area contributed by atoms with Gasteiger partial charge in [-0.05, 0) is 73.7 Å². The second kappa shape index (κ2) is 5.86. The first-order chi connectivity index (χ1) is 11.6. The van der Waals surface area contributed by atoms with Crippen LogP contribution >= 0.6 is 0 Å². The number of benzene rings is 1. The normalized spacial score (nSPS) is 40.0. The summed E-state index contributed by atoms with van der Waals surface area (Å²) in [5.74, 6) is 1.03. The van der Waals surface area contributed by atoms with E-state index in [0.717, 1.165) is 44.9 Å². The van der Waals surface area contributed by atoms with Crippen LogP contribution in [-0.4, -0.2) is 17.8 Å². The zero-order valence-electron chi connectivity index (χ0n) is 14.2. The monoisotopic (exact) mass is 330 g/mol. The average Bonchev–Trinajstić information content (AvgIpc) is 2.57. The maximum absolute atomic E-state index is 12.5. The van der Waals surface area contributed by atoms with Gasteiger partial charge in [0.1, 0.15) is 0 Å². The number of halogens is 1.